The van der Waals surface area contributed by atoms with Crippen LogP contribution in [-0.2, 0) is 9.59 Å². The van der Waals surface area contributed by atoms with E-state index in [0.717, 1.165) is 4.90 Å². The van der Waals surface area contributed by atoms with Crippen molar-refractivity contribution in [3.63, 3.8) is 0 Å². The predicted octanol–water partition coefficient (Wildman–Crippen LogP) is 1.65. The van der Waals surface area contributed by atoms with Crippen LogP contribution in [-0.4, -0.2) is 51.9 Å². The van der Waals surface area contributed by atoms with Crippen molar-refractivity contribution in [1.82, 2.24) is 4.90 Å². The minimum atomic E-state index is -5.04. The third-order valence-electron chi connectivity index (χ3n) is 5.09. The Labute approximate surface area is 126 Å². The van der Waals surface area contributed by atoms with Crippen LogP contribution in [0.15, 0.2) is 0 Å². The number of hydrogen-bond acceptors (Lipinski definition) is 3. The molecule has 3 atom stereocenters. The second-order valence-corrected chi connectivity index (χ2v) is 6.65. The molecule has 2 rings (SSSR count). The van der Waals surface area contributed by atoms with Crippen LogP contribution in [0.4, 0.5) is 13.2 Å². The van der Waals surface area contributed by atoms with Crippen molar-refractivity contribution in [2.75, 3.05) is 13.1 Å². The van der Waals surface area contributed by atoms with E-state index in [9.17, 15) is 33.0 Å². The summed E-state index contributed by atoms with van der Waals surface area (Å²) in [6.45, 7) is 2.26. The summed E-state index contributed by atoms with van der Waals surface area (Å²) in [5, 5.41) is 18.8. The molecule has 2 aliphatic rings. The Morgan fingerprint density at radius 2 is 1.82 bits per heavy atom. The van der Waals surface area contributed by atoms with Crippen LogP contribution >= 0.6 is 0 Å². The summed E-state index contributed by atoms with van der Waals surface area (Å²) in [5.74, 6) is -2.61. The van der Waals surface area contributed by atoms with Crippen molar-refractivity contribution in [3.8, 4) is 0 Å². The van der Waals surface area contributed by atoms with Gasteiger partial charge >= 0.3 is 12.1 Å². The third kappa shape index (κ3) is 2.57. The summed E-state index contributed by atoms with van der Waals surface area (Å²) in [6, 6.07) is 0. The molecule has 126 valence electrons. The molecule has 0 radical (unpaired) electrons. The standard InChI is InChI=1S/C14H20F3NO4/c1-8-7-18(10(19)12(2,22)14(15,16)17)6-3-9(8)13(4-5-13)11(20)21/h8-9,22H,3-7H2,1-2H3,(H,20,21)/t8?,9?,12-/m1/s1. The molecule has 0 bridgehead atoms. The van der Waals surface area contributed by atoms with Gasteiger partial charge in [0.15, 0.2) is 0 Å². The van der Waals surface area contributed by atoms with Crippen molar-refractivity contribution >= 4 is 11.9 Å². The molecule has 2 unspecified atom stereocenters. The van der Waals surface area contributed by atoms with Gasteiger partial charge in [0.1, 0.15) is 0 Å². The van der Waals surface area contributed by atoms with Crippen LogP contribution < -0.4 is 0 Å². The molecule has 0 aromatic carbocycles. The summed E-state index contributed by atoms with van der Waals surface area (Å²) >= 11 is 0. The zero-order valence-electron chi connectivity index (χ0n) is 12.5. The molecular formula is C14H20F3NO4. The van der Waals surface area contributed by atoms with Gasteiger partial charge in [-0.2, -0.15) is 13.2 Å². The summed E-state index contributed by atoms with van der Waals surface area (Å²) in [4.78, 5) is 24.3. The van der Waals surface area contributed by atoms with E-state index in [1.165, 1.54) is 0 Å². The lowest BCUT2D eigenvalue weighted by molar-refractivity contribution is -0.251. The Bertz CT molecular complexity index is 485. The molecule has 22 heavy (non-hydrogen) atoms. The molecular weight excluding hydrogens is 303 g/mol. The quantitative estimate of drug-likeness (QED) is 0.828. The fraction of sp³-hybridized carbons (Fsp3) is 0.857. The highest BCUT2D eigenvalue weighted by atomic mass is 19.4. The average molecular weight is 323 g/mol. The first-order chi connectivity index (χ1) is 9.93. The molecule has 8 heteroatoms. The maximum atomic E-state index is 12.7. The van der Waals surface area contributed by atoms with Gasteiger partial charge in [0.2, 0.25) is 5.60 Å². The van der Waals surface area contributed by atoms with Gasteiger partial charge in [-0.3, -0.25) is 9.59 Å². The van der Waals surface area contributed by atoms with Gasteiger partial charge in [-0.05, 0) is 38.0 Å². The minimum absolute atomic E-state index is 0.0325. The third-order valence-corrected chi connectivity index (χ3v) is 5.09. The number of piperidine rings is 1. The van der Waals surface area contributed by atoms with Gasteiger partial charge in [-0.25, -0.2) is 0 Å². The summed E-state index contributed by atoms with van der Waals surface area (Å²) < 4.78 is 38.2. The summed E-state index contributed by atoms with van der Waals surface area (Å²) in [6.07, 6.45) is -3.55. The number of nitrogens with zero attached hydrogens (tertiary/aromatic N) is 1. The molecule has 1 saturated carbocycles. The molecule has 0 aromatic rings. The number of alkyl halides is 3. The van der Waals surface area contributed by atoms with E-state index >= 15 is 0 Å². The van der Waals surface area contributed by atoms with E-state index in [0.29, 0.717) is 26.2 Å². The first-order valence-electron chi connectivity index (χ1n) is 7.25. The smallest absolute Gasteiger partial charge is 0.426 e. The van der Waals surface area contributed by atoms with E-state index in [-0.39, 0.29) is 24.9 Å². The van der Waals surface area contributed by atoms with E-state index in [1.807, 2.05) is 0 Å². The topological polar surface area (TPSA) is 77.8 Å². The van der Waals surface area contributed by atoms with Gasteiger partial charge in [-0.1, -0.05) is 6.92 Å². The van der Waals surface area contributed by atoms with Crippen LogP contribution in [0, 0.1) is 17.3 Å². The Kier molecular flexibility index (Phi) is 3.96. The van der Waals surface area contributed by atoms with Crippen LogP contribution in [0.2, 0.25) is 0 Å². The number of hydrogen-bond donors (Lipinski definition) is 2. The van der Waals surface area contributed by atoms with Crippen LogP contribution in [0.3, 0.4) is 0 Å². The SMILES string of the molecule is CC1CN(C(=O)[C@@](C)(O)C(F)(F)F)CCC1C1(C(=O)O)CC1. The number of likely N-dealkylation sites (tertiary alicyclic amines) is 1. The first-order valence-corrected chi connectivity index (χ1v) is 7.25. The molecule has 1 heterocycles. The summed E-state index contributed by atoms with van der Waals surface area (Å²) in [7, 11) is 0. The molecule has 0 aromatic heterocycles. The van der Waals surface area contributed by atoms with Crippen molar-refractivity contribution in [3.05, 3.63) is 0 Å². The zero-order valence-corrected chi connectivity index (χ0v) is 12.5. The lowest BCUT2D eigenvalue weighted by atomic mass is 9.75. The molecule has 0 spiro atoms. The minimum Gasteiger partial charge on any atom is -0.481 e. The summed E-state index contributed by atoms with van der Waals surface area (Å²) in [5.41, 5.74) is -4.19. The van der Waals surface area contributed by atoms with Crippen molar-refractivity contribution in [1.29, 1.82) is 0 Å². The van der Waals surface area contributed by atoms with Gasteiger partial charge < -0.3 is 15.1 Å². The maximum absolute atomic E-state index is 12.7. The second-order valence-electron chi connectivity index (χ2n) is 6.65. The maximum Gasteiger partial charge on any atom is 0.426 e. The molecule has 2 N–H and O–H groups in total. The molecule has 2 fully saturated rings. The molecule has 1 saturated heterocycles. The normalized spacial score (nSPS) is 30.5. The second kappa shape index (κ2) is 5.11. The Hall–Kier alpha value is -1.31. The van der Waals surface area contributed by atoms with Gasteiger partial charge in [0.05, 0.1) is 5.41 Å². The largest absolute Gasteiger partial charge is 0.481 e. The average Bonchev–Trinajstić information content (AvgIpc) is 3.17. The highest BCUT2D eigenvalue weighted by Crippen LogP contribution is 2.57. The number of carboxylic acid groups (broad SMARTS) is 1. The zero-order chi connectivity index (χ0) is 16.9. The molecule has 1 aliphatic heterocycles. The lowest BCUT2D eigenvalue weighted by Gasteiger charge is -2.42. The highest BCUT2D eigenvalue weighted by Gasteiger charge is 2.60. The molecule has 1 amide bonds. The number of carbonyl (C=O) groups excluding carboxylic acids is 1. The Morgan fingerprint density at radius 1 is 1.27 bits per heavy atom. The van der Waals surface area contributed by atoms with Crippen molar-refractivity contribution in [2.24, 2.45) is 17.3 Å². The van der Waals surface area contributed by atoms with Crippen LogP contribution in [0.25, 0.3) is 0 Å². The van der Waals surface area contributed by atoms with Gasteiger partial charge in [0.25, 0.3) is 5.91 Å². The Balaban J connectivity index is 2.08. The van der Waals surface area contributed by atoms with Crippen LogP contribution in [0.5, 0.6) is 0 Å². The Morgan fingerprint density at radius 3 is 2.18 bits per heavy atom. The number of halogens is 3. The number of carboxylic acids is 1. The number of aliphatic carboxylic acids is 1. The fourth-order valence-corrected chi connectivity index (χ4v) is 3.46. The van der Waals surface area contributed by atoms with Crippen molar-refractivity contribution < 1.29 is 33.0 Å². The molecule has 1 aliphatic carbocycles. The van der Waals surface area contributed by atoms with E-state index in [1.54, 1.807) is 6.92 Å². The number of aliphatic hydroxyl groups is 1. The van der Waals surface area contributed by atoms with Crippen molar-refractivity contribution in [2.45, 2.75) is 44.9 Å². The van der Waals surface area contributed by atoms with Gasteiger partial charge in [-0.15, -0.1) is 0 Å². The number of rotatable bonds is 3. The highest BCUT2D eigenvalue weighted by molar-refractivity contribution is 5.85. The number of carbonyl (C=O) groups is 2. The van der Waals surface area contributed by atoms with E-state index in [2.05, 4.69) is 0 Å². The van der Waals surface area contributed by atoms with E-state index in [4.69, 9.17) is 0 Å². The van der Waals surface area contributed by atoms with E-state index < -0.39 is 29.1 Å². The lowest BCUT2D eigenvalue weighted by Crippen LogP contribution is -2.59. The number of amides is 1. The molecule has 5 nitrogen and oxygen atoms in total. The van der Waals surface area contributed by atoms with Crippen LogP contribution in [0.1, 0.15) is 33.1 Å². The monoisotopic (exact) mass is 323 g/mol. The fourth-order valence-electron chi connectivity index (χ4n) is 3.46. The first kappa shape index (κ1) is 17.1. The predicted molar refractivity (Wildman–Crippen MR) is 69.8 cm³/mol. The van der Waals surface area contributed by atoms with Gasteiger partial charge in [0, 0.05) is 13.1 Å².